The summed E-state index contributed by atoms with van der Waals surface area (Å²) in [6.07, 6.45) is 4.71. The molecule has 0 aromatic heterocycles. The van der Waals surface area contributed by atoms with Crippen molar-refractivity contribution < 1.29 is 4.39 Å². The van der Waals surface area contributed by atoms with E-state index in [0.717, 1.165) is 31.0 Å². The molecule has 0 bridgehead atoms. The second-order valence-electron chi connectivity index (χ2n) is 5.65. The summed E-state index contributed by atoms with van der Waals surface area (Å²) in [5.74, 6) is 0.747. The Hall–Kier alpha value is -0.930. The fourth-order valence-corrected chi connectivity index (χ4v) is 2.70. The predicted octanol–water partition coefficient (Wildman–Crippen LogP) is 2.69. The number of benzene rings is 1. The van der Waals surface area contributed by atoms with Crippen molar-refractivity contribution in [1.82, 2.24) is 10.2 Å². The van der Waals surface area contributed by atoms with E-state index in [1.165, 1.54) is 32.4 Å². The first-order valence-electron chi connectivity index (χ1n) is 7.38. The van der Waals surface area contributed by atoms with E-state index in [1.807, 2.05) is 12.1 Å². The van der Waals surface area contributed by atoms with Gasteiger partial charge in [-0.05, 0) is 69.9 Å². The Balaban J connectivity index is 1.66. The Morgan fingerprint density at radius 1 is 1.32 bits per heavy atom. The van der Waals surface area contributed by atoms with Gasteiger partial charge >= 0.3 is 0 Å². The van der Waals surface area contributed by atoms with Crippen LogP contribution >= 0.6 is 0 Å². The maximum Gasteiger partial charge on any atom is 0.126 e. The molecule has 0 aliphatic carbocycles. The van der Waals surface area contributed by atoms with Crippen LogP contribution in [0.5, 0.6) is 0 Å². The van der Waals surface area contributed by atoms with E-state index in [4.69, 9.17) is 0 Å². The molecule has 1 N–H and O–H groups in total. The van der Waals surface area contributed by atoms with Gasteiger partial charge in [-0.2, -0.15) is 0 Å². The molecular formula is C16H25FN2. The number of piperidine rings is 1. The number of hydrogen-bond donors (Lipinski definition) is 1. The van der Waals surface area contributed by atoms with E-state index in [-0.39, 0.29) is 5.82 Å². The van der Waals surface area contributed by atoms with Crippen LogP contribution in [0.4, 0.5) is 4.39 Å². The lowest BCUT2D eigenvalue weighted by Gasteiger charge is -2.25. The van der Waals surface area contributed by atoms with Crippen LogP contribution in [-0.2, 0) is 6.42 Å². The third-order valence-electron chi connectivity index (χ3n) is 4.04. The van der Waals surface area contributed by atoms with E-state index < -0.39 is 0 Å². The Labute approximate surface area is 116 Å². The molecule has 0 saturated carbocycles. The van der Waals surface area contributed by atoms with Gasteiger partial charge in [0, 0.05) is 6.54 Å². The number of halogens is 1. The van der Waals surface area contributed by atoms with Crippen LogP contribution in [0.2, 0.25) is 0 Å². The van der Waals surface area contributed by atoms with Crippen LogP contribution in [0.3, 0.4) is 0 Å². The third-order valence-corrected chi connectivity index (χ3v) is 4.04. The summed E-state index contributed by atoms with van der Waals surface area (Å²) in [6, 6.07) is 7.09. The van der Waals surface area contributed by atoms with Crippen LogP contribution in [0, 0.1) is 11.7 Å². The summed E-state index contributed by atoms with van der Waals surface area (Å²) >= 11 is 0. The molecule has 1 saturated heterocycles. The molecule has 1 aromatic carbocycles. The highest BCUT2D eigenvalue weighted by Gasteiger charge is 2.13. The average Bonchev–Trinajstić information content (AvgIpc) is 2.45. The lowest BCUT2D eigenvalue weighted by molar-refractivity contribution is 0.275. The lowest BCUT2D eigenvalue weighted by Crippen LogP contribution is -2.32. The van der Waals surface area contributed by atoms with Gasteiger partial charge in [0.05, 0.1) is 0 Å². The molecule has 0 spiro atoms. The van der Waals surface area contributed by atoms with Gasteiger partial charge < -0.3 is 10.2 Å². The summed E-state index contributed by atoms with van der Waals surface area (Å²) < 4.78 is 13.5. The van der Waals surface area contributed by atoms with Gasteiger partial charge in [0.1, 0.15) is 5.82 Å². The topological polar surface area (TPSA) is 15.3 Å². The van der Waals surface area contributed by atoms with Crippen molar-refractivity contribution in [3.63, 3.8) is 0 Å². The number of rotatable bonds is 6. The van der Waals surface area contributed by atoms with E-state index >= 15 is 0 Å². The van der Waals surface area contributed by atoms with Gasteiger partial charge in [0.2, 0.25) is 0 Å². The first kappa shape index (κ1) is 14.5. The highest BCUT2D eigenvalue weighted by atomic mass is 19.1. The predicted molar refractivity (Wildman–Crippen MR) is 77.8 cm³/mol. The maximum absolute atomic E-state index is 13.5. The second kappa shape index (κ2) is 7.61. The van der Waals surface area contributed by atoms with Gasteiger partial charge in [-0.1, -0.05) is 18.2 Å². The Kier molecular flexibility index (Phi) is 5.80. The van der Waals surface area contributed by atoms with Gasteiger partial charge in [-0.3, -0.25) is 0 Å². The number of likely N-dealkylation sites (N-methyl/N-ethyl adjacent to an activating group) is 1. The minimum atomic E-state index is -0.0765. The summed E-state index contributed by atoms with van der Waals surface area (Å²) in [5.41, 5.74) is 0.827. The van der Waals surface area contributed by atoms with Gasteiger partial charge in [0.25, 0.3) is 0 Å². The Bertz CT molecular complexity index is 375. The zero-order valence-electron chi connectivity index (χ0n) is 11.9. The highest BCUT2D eigenvalue weighted by molar-refractivity contribution is 5.17. The molecule has 1 aliphatic rings. The molecule has 1 atom stereocenters. The molecule has 0 radical (unpaired) electrons. The third kappa shape index (κ3) is 4.92. The largest absolute Gasteiger partial charge is 0.316 e. The van der Waals surface area contributed by atoms with Crippen LogP contribution in [-0.4, -0.2) is 38.1 Å². The summed E-state index contributed by atoms with van der Waals surface area (Å²) in [5, 5.41) is 3.46. The summed E-state index contributed by atoms with van der Waals surface area (Å²) in [6.45, 7) is 4.39. The molecule has 0 amide bonds. The van der Waals surface area contributed by atoms with E-state index in [1.54, 1.807) is 12.1 Å². The van der Waals surface area contributed by atoms with E-state index in [9.17, 15) is 4.39 Å². The smallest absolute Gasteiger partial charge is 0.126 e. The fourth-order valence-electron chi connectivity index (χ4n) is 2.70. The van der Waals surface area contributed by atoms with E-state index in [2.05, 4.69) is 17.3 Å². The highest BCUT2D eigenvalue weighted by Crippen LogP contribution is 2.14. The van der Waals surface area contributed by atoms with Crippen molar-refractivity contribution in [3.05, 3.63) is 35.6 Å². The van der Waals surface area contributed by atoms with Crippen molar-refractivity contribution in [3.8, 4) is 0 Å². The molecule has 3 heteroatoms. The monoisotopic (exact) mass is 264 g/mol. The van der Waals surface area contributed by atoms with Crippen LogP contribution in [0.25, 0.3) is 0 Å². The molecular weight excluding hydrogens is 239 g/mol. The average molecular weight is 264 g/mol. The first-order chi connectivity index (χ1) is 9.25. The zero-order chi connectivity index (χ0) is 13.5. The Morgan fingerprint density at radius 2 is 2.16 bits per heavy atom. The van der Waals surface area contributed by atoms with Crippen molar-refractivity contribution in [2.45, 2.75) is 25.7 Å². The molecule has 1 fully saturated rings. The van der Waals surface area contributed by atoms with Crippen molar-refractivity contribution in [1.29, 1.82) is 0 Å². The molecule has 1 heterocycles. The van der Waals surface area contributed by atoms with Crippen LogP contribution in [0.15, 0.2) is 24.3 Å². The zero-order valence-corrected chi connectivity index (χ0v) is 11.9. The molecule has 1 aliphatic heterocycles. The van der Waals surface area contributed by atoms with Crippen molar-refractivity contribution >= 4 is 0 Å². The minimum absolute atomic E-state index is 0.0765. The second-order valence-corrected chi connectivity index (χ2v) is 5.65. The number of nitrogens with one attached hydrogen (secondary N) is 1. The quantitative estimate of drug-likeness (QED) is 0.850. The summed E-state index contributed by atoms with van der Waals surface area (Å²) in [7, 11) is 2.14. The van der Waals surface area contributed by atoms with Crippen molar-refractivity contribution in [2.75, 3.05) is 33.2 Å². The number of hydrogen-bond acceptors (Lipinski definition) is 2. The molecule has 2 nitrogen and oxygen atoms in total. The van der Waals surface area contributed by atoms with Crippen LogP contribution < -0.4 is 5.32 Å². The molecule has 2 rings (SSSR count). The minimum Gasteiger partial charge on any atom is -0.316 e. The normalized spacial score (nSPS) is 19.8. The SMILES string of the molecule is CN(CCc1ccccc1F)CCC1CCCNC1. The first-order valence-corrected chi connectivity index (χ1v) is 7.38. The van der Waals surface area contributed by atoms with Crippen LogP contribution in [0.1, 0.15) is 24.8 Å². The molecule has 1 unspecified atom stereocenters. The Morgan fingerprint density at radius 3 is 2.89 bits per heavy atom. The molecule has 106 valence electrons. The van der Waals surface area contributed by atoms with E-state index in [0.29, 0.717) is 0 Å². The fraction of sp³-hybridized carbons (Fsp3) is 0.625. The standard InChI is InChI=1S/C16H25FN2/c1-19(11-8-14-5-4-10-18-13-14)12-9-15-6-2-3-7-16(15)17/h2-3,6-7,14,18H,4-5,8-13H2,1H3. The van der Waals surface area contributed by atoms with Gasteiger partial charge in [0.15, 0.2) is 0 Å². The number of nitrogens with zero attached hydrogens (tertiary/aromatic N) is 1. The maximum atomic E-state index is 13.5. The van der Waals surface area contributed by atoms with Crippen molar-refractivity contribution in [2.24, 2.45) is 5.92 Å². The van der Waals surface area contributed by atoms with Gasteiger partial charge in [-0.25, -0.2) is 4.39 Å². The molecule has 1 aromatic rings. The summed E-state index contributed by atoms with van der Waals surface area (Å²) in [4.78, 5) is 2.32. The lowest BCUT2D eigenvalue weighted by atomic mass is 9.96. The molecule has 19 heavy (non-hydrogen) atoms. The van der Waals surface area contributed by atoms with Gasteiger partial charge in [-0.15, -0.1) is 0 Å².